The Bertz CT molecular complexity index is 929. The summed E-state index contributed by atoms with van der Waals surface area (Å²) >= 11 is 0. The molecule has 7 nitrogen and oxygen atoms in total. The van der Waals surface area contributed by atoms with Crippen LogP contribution in [0.25, 0.3) is 0 Å². The summed E-state index contributed by atoms with van der Waals surface area (Å²) in [6, 6.07) is 12.4. The summed E-state index contributed by atoms with van der Waals surface area (Å²) in [4.78, 5) is 0. The van der Waals surface area contributed by atoms with Crippen molar-refractivity contribution in [3.63, 3.8) is 0 Å². The molecule has 8 heteroatoms. The van der Waals surface area contributed by atoms with E-state index < -0.39 is 23.9 Å². The second kappa shape index (κ2) is 7.42. The summed E-state index contributed by atoms with van der Waals surface area (Å²) in [6.07, 6.45) is 3.75. The van der Waals surface area contributed by atoms with Gasteiger partial charge < -0.3 is 19.8 Å². The average molecular weight is 408 g/mol. The number of hydrogen-bond donors (Lipinski definition) is 1. The van der Waals surface area contributed by atoms with Gasteiger partial charge in [0.15, 0.2) is 0 Å². The molecule has 4 rings (SSSR count). The first-order valence-corrected chi connectivity index (χ1v) is 10.4. The molecule has 0 unspecified atom stereocenters. The first kappa shape index (κ1) is 20.9. The molecule has 0 amide bonds. The fraction of sp³-hybridized carbons (Fsp3) is 0.545. The van der Waals surface area contributed by atoms with Crippen LogP contribution in [-0.4, -0.2) is 34.2 Å². The van der Waals surface area contributed by atoms with Crippen LogP contribution < -0.4 is 11.2 Å². The quantitative estimate of drug-likeness (QED) is 0.739. The van der Waals surface area contributed by atoms with E-state index in [1.165, 1.54) is 0 Å². The van der Waals surface area contributed by atoms with Gasteiger partial charge in [0.05, 0.1) is 41.9 Å². The van der Waals surface area contributed by atoms with Crippen LogP contribution >= 0.6 is 0 Å². The molecule has 1 aliphatic heterocycles. The van der Waals surface area contributed by atoms with E-state index in [4.69, 9.17) is 19.8 Å². The van der Waals surface area contributed by atoms with Gasteiger partial charge in [-0.25, -0.2) is 0 Å². The summed E-state index contributed by atoms with van der Waals surface area (Å²) in [5.41, 5.74) is 6.76. The van der Waals surface area contributed by atoms with Crippen molar-refractivity contribution < 1.29 is 14.0 Å². The van der Waals surface area contributed by atoms with Crippen LogP contribution in [0.1, 0.15) is 52.5 Å². The lowest BCUT2D eigenvalue weighted by atomic mass is 9.72. The van der Waals surface area contributed by atoms with E-state index in [2.05, 4.69) is 11.2 Å². The lowest BCUT2D eigenvalue weighted by Gasteiger charge is -2.46. The van der Waals surface area contributed by atoms with Gasteiger partial charge in [0.25, 0.3) is 0 Å². The molecule has 1 aliphatic carbocycles. The van der Waals surface area contributed by atoms with Crippen molar-refractivity contribution in [1.82, 2.24) is 9.78 Å². The lowest BCUT2D eigenvalue weighted by molar-refractivity contribution is -0.0837. The molecule has 30 heavy (non-hydrogen) atoms. The van der Waals surface area contributed by atoms with E-state index >= 15 is 0 Å². The Balaban J connectivity index is 1.47. The van der Waals surface area contributed by atoms with Crippen LogP contribution in [0.3, 0.4) is 0 Å². The maximum absolute atomic E-state index is 9.43. The summed E-state index contributed by atoms with van der Waals surface area (Å²) in [5.74, 6) is 0.375. The van der Waals surface area contributed by atoms with E-state index in [0.29, 0.717) is 24.3 Å². The van der Waals surface area contributed by atoms with Crippen molar-refractivity contribution in [2.24, 2.45) is 0 Å². The highest BCUT2D eigenvalue weighted by Gasteiger charge is 2.54. The Morgan fingerprint density at radius 3 is 2.43 bits per heavy atom. The molecule has 2 aliphatic rings. The predicted molar refractivity (Wildman–Crippen MR) is 115 cm³/mol. The number of nitrogens with two attached hydrogens (primary N) is 1. The summed E-state index contributed by atoms with van der Waals surface area (Å²) in [6.45, 7) is 8.59. The van der Waals surface area contributed by atoms with Gasteiger partial charge in [-0.2, -0.15) is 10.4 Å². The van der Waals surface area contributed by atoms with Crippen molar-refractivity contribution in [2.45, 2.75) is 76.4 Å². The van der Waals surface area contributed by atoms with E-state index in [0.717, 1.165) is 18.4 Å². The lowest BCUT2D eigenvalue weighted by Crippen LogP contribution is -2.50. The number of nitrogen functional groups attached to an aromatic ring is 1. The van der Waals surface area contributed by atoms with E-state index in [1.807, 2.05) is 68.9 Å². The number of hydrogen-bond acceptors (Lipinski definition) is 6. The normalized spacial score (nSPS) is 26.9. The molecular weight excluding hydrogens is 379 g/mol. The topological polar surface area (TPSA) is 95.3 Å². The number of nitriles is 1. The first-order chi connectivity index (χ1) is 14.2. The van der Waals surface area contributed by atoms with Crippen LogP contribution in [0.5, 0.6) is 0 Å². The minimum atomic E-state index is -0.576. The Labute approximate surface area is 178 Å². The second-order valence-electron chi connectivity index (χ2n) is 9.39. The summed E-state index contributed by atoms with van der Waals surface area (Å²) in [7, 11) is -0.576. The van der Waals surface area contributed by atoms with E-state index in [-0.39, 0.29) is 6.10 Å². The van der Waals surface area contributed by atoms with Gasteiger partial charge in [0, 0.05) is 24.5 Å². The predicted octanol–water partition coefficient (Wildman–Crippen LogP) is 2.75. The van der Waals surface area contributed by atoms with Gasteiger partial charge in [-0.15, -0.1) is 0 Å². The molecule has 1 saturated carbocycles. The monoisotopic (exact) mass is 408 g/mol. The average Bonchev–Trinajstić information content (AvgIpc) is 3.14. The molecule has 1 aromatic heterocycles. The maximum atomic E-state index is 9.43. The SMILES string of the molecule is CC1(C)OB(c2cn(C3(CC#N)CC(OCc4ccccc4)C3)nc2N)OC1(C)C. The van der Waals surface area contributed by atoms with Crippen molar-refractivity contribution in [3.05, 3.63) is 42.1 Å². The minimum Gasteiger partial charge on any atom is -0.399 e. The Kier molecular flexibility index (Phi) is 5.17. The number of rotatable bonds is 6. The third-order valence-electron chi connectivity index (χ3n) is 6.72. The Morgan fingerprint density at radius 2 is 1.83 bits per heavy atom. The smallest absolute Gasteiger partial charge is 0.399 e. The fourth-order valence-electron chi connectivity index (χ4n) is 4.05. The van der Waals surface area contributed by atoms with Crippen LogP contribution in [0.4, 0.5) is 5.82 Å². The van der Waals surface area contributed by atoms with Gasteiger partial charge >= 0.3 is 7.12 Å². The molecule has 0 radical (unpaired) electrons. The third-order valence-corrected chi connectivity index (χ3v) is 6.72. The number of ether oxygens (including phenoxy) is 1. The number of aromatic nitrogens is 2. The number of benzene rings is 1. The fourth-order valence-corrected chi connectivity index (χ4v) is 4.05. The van der Waals surface area contributed by atoms with Gasteiger partial charge in [0.2, 0.25) is 0 Å². The largest absolute Gasteiger partial charge is 0.500 e. The van der Waals surface area contributed by atoms with Crippen LogP contribution in [-0.2, 0) is 26.2 Å². The molecule has 2 heterocycles. The molecule has 2 N–H and O–H groups in total. The zero-order valence-corrected chi connectivity index (χ0v) is 18.1. The Morgan fingerprint density at radius 1 is 1.20 bits per heavy atom. The van der Waals surface area contributed by atoms with Crippen molar-refractivity contribution in [2.75, 3.05) is 5.73 Å². The summed E-state index contributed by atoms with van der Waals surface area (Å²) in [5, 5.41) is 14.0. The van der Waals surface area contributed by atoms with Gasteiger partial charge in [-0.3, -0.25) is 4.68 Å². The van der Waals surface area contributed by atoms with Crippen LogP contribution in [0.2, 0.25) is 0 Å². The van der Waals surface area contributed by atoms with Gasteiger partial charge in [-0.1, -0.05) is 30.3 Å². The van der Waals surface area contributed by atoms with Crippen LogP contribution in [0.15, 0.2) is 36.5 Å². The molecule has 0 atom stereocenters. The molecule has 0 spiro atoms. The molecule has 2 fully saturated rings. The van der Waals surface area contributed by atoms with Crippen LogP contribution in [0, 0.1) is 11.3 Å². The van der Waals surface area contributed by atoms with Crippen molar-refractivity contribution in [3.8, 4) is 6.07 Å². The van der Waals surface area contributed by atoms with Crippen molar-refractivity contribution in [1.29, 1.82) is 5.26 Å². The zero-order chi connectivity index (χ0) is 21.6. The maximum Gasteiger partial charge on any atom is 0.500 e. The number of anilines is 1. The Hall–Kier alpha value is -2.34. The molecule has 2 aromatic rings. The third kappa shape index (κ3) is 3.62. The summed E-state index contributed by atoms with van der Waals surface area (Å²) < 4.78 is 20.1. The molecule has 158 valence electrons. The highest BCUT2D eigenvalue weighted by Crippen LogP contribution is 2.44. The first-order valence-electron chi connectivity index (χ1n) is 10.4. The molecule has 0 bridgehead atoms. The van der Waals surface area contributed by atoms with E-state index in [9.17, 15) is 5.26 Å². The highest BCUT2D eigenvalue weighted by atomic mass is 16.7. The zero-order valence-electron chi connectivity index (χ0n) is 18.1. The van der Waals surface area contributed by atoms with Gasteiger partial charge in [-0.05, 0) is 33.3 Å². The standard InChI is InChI=1S/C22H29BN4O3/c1-20(2)21(3,4)30-23(29-20)18-14-27(26-19(18)25)22(10-11-24)12-17(13-22)28-15-16-8-6-5-7-9-16/h5-9,14,17H,10,12-13,15H2,1-4H3,(H2,25,26). The van der Waals surface area contributed by atoms with Gasteiger partial charge in [0.1, 0.15) is 5.82 Å². The minimum absolute atomic E-state index is 0.0873. The molecule has 1 saturated heterocycles. The molecular formula is C22H29BN4O3. The van der Waals surface area contributed by atoms with Crippen molar-refractivity contribution >= 4 is 18.4 Å². The second-order valence-corrected chi connectivity index (χ2v) is 9.39. The molecule has 1 aromatic carbocycles. The number of nitrogens with zero attached hydrogens (tertiary/aromatic N) is 3. The highest BCUT2D eigenvalue weighted by molar-refractivity contribution is 6.63. The van der Waals surface area contributed by atoms with E-state index in [1.54, 1.807) is 0 Å².